The molecule has 6 heteroatoms. The number of unbranched alkanes of at least 4 members (excludes halogenated alkanes) is 1. The number of halogens is 1. The second-order valence-electron chi connectivity index (χ2n) is 5.08. The molecular formula is C17H19IO4S. The first kappa shape index (κ1) is 18.1. The first-order chi connectivity index (χ1) is 11.0. The van der Waals surface area contributed by atoms with Gasteiger partial charge in [-0.2, -0.15) is 8.42 Å². The average Bonchev–Trinajstić information content (AvgIpc) is 2.51. The Labute approximate surface area is 151 Å². The van der Waals surface area contributed by atoms with E-state index in [4.69, 9.17) is 8.92 Å². The van der Waals surface area contributed by atoms with Gasteiger partial charge in [-0.25, -0.2) is 0 Å². The average molecular weight is 446 g/mol. The normalized spacial score (nSPS) is 11.2. The maximum Gasteiger partial charge on any atom is 0.339 e. The van der Waals surface area contributed by atoms with Crippen LogP contribution in [0.15, 0.2) is 53.4 Å². The van der Waals surface area contributed by atoms with E-state index in [-0.39, 0.29) is 10.6 Å². The van der Waals surface area contributed by atoms with Crippen molar-refractivity contribution in [2.24, 2.45) is 0 Å². The Morgan fingerprint density at radius 2 is 1.70 bits per heavy atom. The molecule has 124 valence electrons. The van der Waals surface area contributed by atoms with Gasteiger partial charge in [0.15, 0.2) is 0 Å². The van der Waals surface area contributed by atoms with Gasteiger partial charge >= 0.3 is 10.1 Å². The molecule has 2 aromatic carbocycles. The molecule has 0 amide bonds. The standard InChI is InChI=1S/C17H19IO4S/c1-14-11-15(21-10-6-5-9-18)13-16(12-14)22-23(19,20)17-7-3-2-4-8-17/h2-4,7-8,11-13H,5-6,9-10H2,1H3. The van der Waals surface area contributed by atoms with E-state index in [1.165, 1.54) is 12.1 Å². The number of hydrogen-bond acceptors (Lipinski definition) is 4. The summed E-state index contributed by atoms with van der Waals surface area (Å²) in [6.45, 7) is 2.48. The second-order valence-corrected chi connectivity index (χ2v) is 7.70. The molecule has 0 aromatic heterocycles. The summed E-state index contributed by atoms with van der Waals surface area (Å²) in [5.41, 5.74) is 0.884. The van der Waals surface area contributed by atoms with Crippen LogP contribution in [0.4, 0.5) is 0 Å². The smallest absolute Gasteiger partial charge is 0.339 e. The van der Waals surface area contributed by atoms with Crippen LogP contribution in [0.2, 0.25) is 0 Å². The molecule has 0 spiro atoms. The highest BCUT2D eigenvalue weighted by atomic mass is 127. The highest BCUT2D eigenvalue weighted by Gasteiger charge is 2.16. The van der Waals surface area contributed by atoms with E-state index in [9.17, 15) is 8.42 Å². The molecule has 0 aliphatic rings. The quantitative estimate of drug-likeness (QED) is 0.262. The SMILES string of the molecule is Cc1cc(OCCCCI)cc(OS(=O)(=O)c2ccccc2)c1. The summed E-state index contributed by atoms with van der Waals surface area (Å²) >= 11 is 2.33. The van der Waals surface area contributed by atoms with Crippen molar-refractivity contribution in [2.75, 3.05) is 11.0 Å². The zero-order valence-corrected chi connectivity index (χ0v) is 15.8. The van der Waals surface area contributed by atoms with E-state index in [2.05, 4.69) is 22.6 Å². The Morgan fingerprint density at radius 3 is 2.39 bits per heavy atom. The first-order valence-corrected chi connectivity index (χ1v) is 10.2. The summed E-state index contributed by atoms with van der Waals surface area (Å²) < 4.78 is 36.5. The largest absolute Gasteiger partial charge is 0.493 e. The topological polar surface area (TPSA) is 52.6 Å². The molecule has 0 atom stereocenters. The zero-order chi connectivity index (χ0) is 16.7. The van der Waals surface area contributed by atoms with Crippen LogP contribution in [0.25, 0.3) is 0 Å². The maximum absolute atomic E-state index is 12.3. The lowest BCUT2D eigenvalue weighted by molar-refractivity contribution is 0.309. The van der Waals surface area contributed by atoms with Gasteiger partial charge in [0.05, 0.1) is 6.61 Å². The second kappa shape index (κ2) is 8.54. The van der Waals surface area contributed by atoms with Crippen LogP contribution in [-0.2, 0) is 10.1 Å². The van der Waals surface area contributed by atoms with E-state index in [0.717, 1.165) is 22.8 Å². The maximum atomic E-state index is 12.3. The minimum Gasteiger partial charge on any atom is -0.493 e. The lowest BCUT2D eigenvalue weighted by Gasteiger charge is -2.11. The molecule has 0 N–H and O–H groups in total. The zero-order valence-electron chi connectivity index (χ0n) is 12.9. The number of alkyl halides is 1. The molecule has 4 nitrogen and oxygen atoms in total. The first-order valence-electron chi connectivity index (χ1n) is 7.31. The van der Waals surface area contributed by atoms with Crippen LogP contribution in [0, 0.1) is 6.92 Å². The summed E-state index contributed by atoms with van der Waals surface area (Å²) in [4.78, 5) is 0.131. The van der Waals surface area contributed by atoms with Gasteiger partial charge in [0.25, 0.3) is 0 Å². The lowest BCUT2D eigenvalue weighted by atomic mass is 10.2. The lowest BCUT2D eigenvalue weighted by Crippen LogP contribution is -2.09. The molecule has 0 heterocycles. The van der Waals surface area contributed by atoms with Gasteiger partial charge in [0.1, 0.15) is 16.4 Å². The van der Waals surface area contributed by atoms with Gasteiger partial charge in [-0.1, -0.05) is 40.8 Å². The third kappa shape index (κ3) is 5.69. The molecule has 0 fully saturated rings. The summed E-state index contributed by atoms with van der Waals surface area (Å²) in [6.07, 6.45) is 2.06. The fourth-order valence-corrected chi connectivity index (χ4v) is 3.47. The Kier molecular flexibility index (Phi) is 6.71. The Morgan fingerprint density at radius 1 is 1.00 bits per heavy atom. The molecule has 0 aliphatic heterocycles. The summed E-state index contributed by atoms with van der Waals surface area (Å²) in [5.74, 6) is 0.884. The van der Waals surface area contributed by atoms with Gasteiger partial charge < -0.3 is 8.92 Å². The van der Waals surface area contributed by atoms with E-state index >= 15 is 0 Å². The minimum atomic E-state index is -3.83. The summed E-state index contributed by atoms with van der Waals surface area (Å²) in [6, 6.07) is 13.2. The fraction of sp³-hybridized carbons (Fsp3) is 0.294. The van der Waals surface area contributed by atoms with Crippen molar-refractivity contribution in [3.05, 3.63) is 54.1 Å². The molecule has 0 saturated carbocycles. The molecule has 23 heavy (non-hydrogen) atoms. The van der Waals surface area contributed by atoms with Crippen LogP contribution in [0.5, 0.6) is 11.5 Å². The third-order valence-corrected chi connectivity index (χ3v) is 5.08. The van der Waals surface area contributed by atoms with Gasteiger partial charge in [-0.15, -0.1) is 0 Å². The van der Waals surface area contributed by atoms with Gasteiger partial charge in [0, 0.05) is 6.07 Å². The third-order valence-electron chi connectivity index (χ3n) is 3.06. The molecule has 0 bridgehead atoms. The Balaban J connectivity index is 2.12. The van der Waals surface area contributed by atoms with Crippen molar-refractivity contribution in [1.82, 2.24) is 0 Å². The predicted octanol–water partition coefficient (Wildman–Crippen LogP) is 4.36. The van der Waals surface area contributed by atoms with Crippen molar-refractivity contribution >= 4 is 32.7 Å². The van der Waals surface area contributed by atoms with E-state index in [1.807, 2.05) is 13.0 Å². The Hall–Kier alpha value is -1.28. The summed E-state index contributed by atoms with van der Waals surface area (Å²) in [5, 5.41) is 0. The van der Waals surface area contributed by atoms with Crippen LogP contribution < -0.4 is 8.92 Å². The molecule has 0 saturated heterocycles. The molecule has 2 aromatic rings. The molecule has 0 radical (unpaired) electrons. The minimum absolute atomic E-state index is 0.131. The molecule has 0 aliphatic carbocycles. The number of ether oxygens (including phenoxy) is 1. The van der Waals surface area contributed by atoms with Crippen molar-refractivity contribution in [1.29, 1.82) is 0 Å². The van der Waals surface area contributed by atoms with Crippen LogP contribution in [0.1, 0.15) is 18.4 Å². The van der Waals surface area contributed by atoms with E-state index in [0.29, 0.717) is 12.4 Å². The molecule has 2 rings (SSSR count). The van der Waals surface area contributed by atoms with Crippen LogP contribution in [-0.4, -0.2) is 19.5 Å². The van der Waals surface area contributed by atoms with Crippen molar-refractivity contribution in [3.8, 4) is 11.5 Å². The van der Waals surface area contributed by atoms with Crippen molar-refractivity contribution in [3.63, 3.8) is 0 Å². The van der Waals surface area contributed by atoms with Crippen LogP contribution in [0.3, 0.4) is 0 Å². The Bertz CT molecular complexity index is 730. The van der Waals surface area contributed by atoms with Gasteiger partial charge in [0.2, 0.25) is 0 Å². The van der Waals surface area contributed by atoms with Gasteiger partial charge in [-0.3, -0.25) is 0 Å². The van der Waals surface area contributed by atoms with E-state index < -0.39 is 10.1 Å². The number of aryl methyl sites for hydroxylation is 1. The van der Waals surface area contributed by atoms with Crippen LogP contribution >= 0.6 is 22.6 Å². The fourth-order valence-electron chi connectivity index (χ4n) is 1.99. The molecular weight excluding hydrogens is 427 g/mol. The highest BCUT2D eigenvalue weighted by molar-refractivity contribution is 14.1. The molecule has 0 unspecified atom stereocenters. The monoisotopic (exact) mass is 446 g/mol. The van der Waals surface area contributed by atoms with Crippen molar-refractivity contribution < 1.29 is 17.3 Å². The van der Waals surface area contributed by atoms with Crippen molar-refractivity contribution in [2.45, 2.75) is 24.7 Å². The van der Waals surface area contributed by atoms with Gasteiger partial charge in [-0.05, 0) is 54.0 Å². The number of benzene rings is 2. The summed E-state index contributed by atoms with van der Waals surface area (Å²) in [7, 11) is -3.83. The number of hydrogen-bond donors (Lipinski definition) is 0. The van der Waals surface area contributed by atoms with E-state index in [1.54, 1.807) is 30.3 Å². The number of rotatable bonds is 8. The predicted molar refractivity (Wildman–Crippen MR) is 99.1 cm³/mol. The highest BCUT2D eigenvalue weighted by Crippen LogP contribution is 2.25.